The Morgan fingerprint density at radius 1 is 1.57 bits per heavy atom. The maximum absolute atomic E-state index is 5.96. The summed E-state index contributed by atoms with van der Waals surface area (Å²) in [6, 6.07) is 3.89. The molecule has 0 aliphatic carbocycles. The summed E-state index contributed by atoms with van der Waals surface area (Å²) in [5.74, 6) is 0. The molecule has 1 heterocycles. The van der Waals surface area contributed by atoms with Crippen LogP contribution in [0.5, 0.6) is 0 Å². The number of hydrogen-bond donors (Lipinski definition) is 1. The maximum atomic E-state index is 5.96. The van der Waals surface area contributed by atoms with Gasteiger partial charge in [0.15, 0.2) is 0 Å². The number of aromatic nitrogens is 1. The van der Waals surface area contributed by atoms with Gasteiger partial charge in [-0.3, -0.25) is 4.90 Å². The van der Waals surface area contributed by atoms with E-state index >= 15 is 0 Å². The van der Waals surface area contributed by atoms with Crippen molar-refractivity contribution in [1.29, 1.82) is 0 Å². The molecule has 0 aromatic carbocycles. The Hall–Kier alpha value is -0.640. The van der Waals surface area contributed by atoms with Crippen LogP contribution in [0.3, 0.4) is 0 Å². The third-order valence-corrected chi connectivity index (χ3v) is 2.46. The van der Waals surface area contributed by atoms with E-state index in [1.54, 1.807) is 6.20 Å². The van der Waals surface area contributed by atoms with Crippen LogP contribution in [-0.4, -0.2) is 29.5 Å². The minimum absolute atomic E-state index is 0.586. The van der Waals surface area contributed by atoms with Crippen molar-refractivity contribution in [3.8, 4) is 0 Å². The van der Waals surface area contributed by atoms with Crippen molar-refractivity contribution in [2.24, 2.45) is 5.73 Å². The first kappa shape index (κ1) is 11.4. The van der Waals surface area contributed by atoms with E-state index < -0.39 is 0 Å². The van der Waals surface area contributed by atoms with Gasteiger partial charge in [0.1, 0.15) is 5.15 Å². The molecule has 3 nitrogen and oxygen atoms in total. The van der Waals surface area contributed by atoms with Gasteiger partial charge in [-0.15, -0.1) is 0 Å². The number of pyridine rings is 1. The summed E-state index contributed by atoms with van der Waals surface area (Å²) in [7, 11) is 0. The van der Waals surface area contributed by atoms with Crippen molar-refractivity contribution in [1.82, 2.24) is 9.88 Å². The molecule has 1 rings (SSSR count). The highest BCUT2D eigenvalue weighted by atomic mass is 35.5. The summed E-state index contributed by atoms with van der Waals surface area (Å²) < 4.78 is 0. The quantitative estimate of drug-likeness (QED) is 0.755. The molecule has 2 N–H and O–H groups in total. The maximum Gasteiger partial charge on any atom is 0.133 e. The number of hydrogen-bond acceptors (Lipinski definition) is 3. The van der Waals surface area contributed by atoms with Gasteiger partial charge in [0.05, 0.1) is 0 Å². The largest absolute Gasteiger partial charge is 0.329 e. The Labute approximate surface area is 89.9 Å². The molecule has 78 valence electrons. The third-order valence-electron chi connectivity index (χ3n) is 2.12. The normalized spacial score (nSPS) is 10.9. The van der Waals surface area contributed by atoms with E-state index in [1.807, 2.05) is 12.1 Å². The lowest BCUT2D eigenvalue weighted by molar-refractivity contribution is 0.288. The first-order valence-electron chi connectivity index (χ1n) is 4.79. The zero-order chi connectivity index (χ0) is 10.4. The number of likely N-dealkylation sites (N-methyl/N-ethyl adjacent to an activating group) is 1. The van der Waals surface area contributed by atoms with E-state index in [0.717, 1.165) is 25.2 Å². The second-order valence-electron chi connectivity index (χ2n) is 3.11. The molecule has 14 heavy (non-hydrogen) atoms. The van der Waals surface area contributed by atoms with Gasteiger partial charge in [-0.25, -0.2) is 4.98 Å². The van der Waals surface area contributed by atoms with Crippen molar-refractivity contribution in [3.63, 3.8) is 0 Å². The van der Waals surface area contributed by atoms with E-state index in [9.17, 15) is 0 Å². The van der Waals surface area contributed by atoms with Crippen molar-refractivity contribution in [2.45, 2.75) is 13.5 Å². The highest BCUT2D eigenvalue weighted by Gasteiger charge is 2.05. The molecule has 0 spiro atoms. The van der Waals surface area contributed by atoms with E-state index in [1.165, 1.54) is 0 Å². The molecule has 0 aliphatic heterocycles. The molecule has 1 aromatic rings. The molecule has 0 fully saturated rings. The average molecular weight is 214 g/mol. The molecule has 0 aliphatic rings. The van der Waals surface area contributed by atoms with Crippen molar-refractivity contribution < 1.29 is 0 Å². The zero-order valence-electron chi connectivity index (χ0n) is 8.41. The van der Waals surface area contributed by atoms with Crippen LogP contribution in [0.1, 0.15) is 12.5 Å². The molecular weight excluding hydrogens is 198 g/mol. The first-order valence-corrected chi connectivity index (χ1v) is 5.17. The van der Waals surface area contributed by atoms with Crippen LogP contribution >= 0.6 is 11.6 Å². The predicted octanol–water partition coefficient (Wildman–Crippen LogP) is 1.52. The molecule has 4 heteroatoms. The second kappa shape index (κ2) is 5.96. The molecule has 0 saturated carbocycles. The average Bonchev–Trinajstić information content (AvgIpc) is 2.20. The van der Waals surface area contributed by atoms with Gasteiger partial charge in [-0.05, 0) is 12.6 Å². The Balaban J connectivity index is 2.62. The number of nitrogens with zero attached hydrogens (tertiary/aromatic N) is 2. The molecule has 0 saturated heterocycles. The SMILES string of the molecule is CCN(CCN)Cc1cccnc1Cl. The molecular formula is C10H16ClN3. The fraction of sp³-hybridized carbons (Fsp3) is 0.500. The van der Waals surface area contributed by atoms with Crippen LogP contribution in [0.25, 0.3) is 0 Å². The monoisotopic (exact) mass is 213 g/mol. The standard InChI is InChI=1S/C10H16ClN3/c1-2-14(7-5-12)8-9-4-3-6-13-10(9)11/h3-4,6H,2,5,7-8,12H2,1H3. The van der Waals surface area contributed by atoms with Crippen LogP contribution < -0.4 is 5.73 Å². The van der Waals surface area contributed by atoms with Crippen molar-refractivity contribution >= 4 is 11.6 Å². The summed E-state index contributed by atoms with van der Waals surface area (Å²) in [5, 5.41) is 0.586. The number of rotatable bonds is 5. The summed E-state index contributed by atoms with van der Waals surface area (Å²) in [6.07, 6.45) is 1.70. The van der Waals surface area contributed by atoms with Crippen LogP contribution in [-0.2, 0) is 6.54 Å². The highest BCUT2D eigenvalue weighted by molar-refractivity contribution is 6.30. The zero-order valence-corrected chi connectivity index (χ0v) is 9.17. The summed E-state index contributed by atoms with van der Waals surface area (Å²) in [4.78, 5) is 6.27. The van der Waals surface area contributed by atoms with Crippen LogP contribution in [0.15, 0.2) is 18.3 Å². The predicted molar refractivity (Wildman–Crippen MR) is 59.3 cm³/mol. The fourth-order valence-electron chi connectivity index (χ4n) is 1.31. The molecule has 0 radical (unpaired) electrons. The Kier molecular flexibility index (Phi) is 4.87. The minimum Gasteiger partial charge on any atom is -0.329 e. The second-order valence-corrected chi connectivity index (χ2v) is 3.47. The van der Waals surface area contributed by atoms with Gasteiger partial charge in [0.25, 0.3) is 0 Å². The van der Waals surface area contributed by atoms with E-state index in [0.29, 0.717) is 11.7 Å². The van der Waals surface area contributed by atoms with Crippen LogP contribution in [0.2, 0.25) is 5.15 Å². The number of halogens is 1. The van der Waals surface area contributed by atoms with Gasteiger partial charge in [-0.1, -0.05) is 24.6 Å². The van der Waals surface area contributed by atoms with E-state index in [2.05, 4.69) is 16.8 Å². The first-order chi connectivity index (χ1) is 6.77. The number of nitrogens with two attached hydrogens (primary N) is 1. The van der Waals surface area contributed by atoms with Crippen LogP contribution in [0.4, 0.5) is 0 Å². The topological polar surface area (TPSA) is 42.1 Å². The van der Waals surface area contributed by atoms with Gasteiger partial charge in [-0.2, -0.15) is 0 Å². The summed E-state index contributed by atoms with van der Waals surface area (Å²) in [6.45, 7) is 5.47. The fourth-order valence-corrected chi connectivity index (χ4v) is 1.49. The van der Waals surface area contributed by atoms with E-state index in [4.69, 9.17) is 17.3 Å². The van der Waals surface area contributed by atoms with Gasteiger partial charge >= 0.3 is 0 Å². The molecule has 0 atom stereocenters. The summed E-state index contributed by atoms with van der Waals surface area (Å²) >= 11 is 5.96. The van der Waals surface area contributed by atoms with Crippen LogP contribution in [0, 0.1) is 0 Å². The van der Waals surface area contributed by atoms with Gasteiger partial charge < -0.3 is 5.73 Å². The van der Waals surface area contributed by atoms with Crippen molar-refractivity contribution in [3.05, 3.63) is 29.0 Å². The van der Waals surface area contributed by atoms with Crippen molar-refractivity contribution in [2.75, 3.05) is 19.6 Å². The lowest BCUT2D eigenvalue weighted by Crippen LogP contribution is -2.28. The molecule has 1 aromatic heterocycles. The molecule has 0 unspecified atom stereocenters. The molecule has 0 bridgehead atoms. The van der Waals surface area contributed by atoms with E-state index in [-0.39, 0.29) is 0 Å². The highest BCUT2D eigenvalue weighted by Crippen LogP contribution is 2.13. The third kappa shape index (κ3) is 3.25. The lowest BCUT2D eigenvalue weighted by atomic mass is 10.2. The van der Waals surface area contributed by atoms with Gasteiger partial charge in [0, 0.05) is 31.4 Å². The smallest absolute Gasteiger partial charge is 0.133 e. The van der Waals surface area contributed by atoms with Gasteiger partial charge in [0.2, 0.25) is 0 Å². The Bertz CT molecular complexity index is 278. The lowest BCUT2D eigenvalue weighted by Gasteiger charge is -2.19. The summed E-state index contributed by atoms with van der Waals surface area (Å²) in [5.41, 5.74) is 6.57. The molecule has 0 amide bonds. The Morgan fingerprint density at radius 2 is 2.36 bits per heavy atom. The minimum atomic E-state index is 0.586. The Morgan fingerprint density at radius 3 is 2.93 bits per heavy atom.